The number of aromatic nitrogens is 4. The van der Waals surface area contributed by atoms with Gasteiger partial charge in [-0.05, 0) is 6.07 Å². The fourth-order valence-corrected chi connectivity index (χ4v) is 1.66. The van der Waals surface area contributed by atoms with E-state index in [0.29, 0.717) is 11.2 Å². The molecule has 102 valence electrons. The molecule has 0 aromatic carbocycles. The highest BCUT2D eigenvalue weighted by molar-refractivity contribution is 5.91. The van der Waals surface area contributed by atoms with Crippen LogP contribution in [-0.4, -0.2) is 37.4 Å². The third kappa shape index (κ3) is 2.95. The fraction of sp³-hybridized carbons (Fsp3) is 0.364. The van der Waals surface area contributed by atoms with E-state index in [1.54, 1.807) is 31.2 Å². The third-order valence-electron chi connectivity index (χ3n) is 2.55. The normalized spacial score (nSPS) is 11.0. The standard InChI is InChI=1S/C11H13F2N5O/c1-16(6-8-5-14-17(2)7-8)10(19)9-3-4-18(15-9)11(12)13/h3-5,7,11H,6H2,1-2H3. The number of rotatable bonds is 4. The Bertz CT molecular complexity index is 577. The van der Waals surface area contributed by atoms with Crippen LogP contribution in [0.3, 0.4) is 0 Å². The fourth-order valence-electron chi connectivity index (χ4n) is 1.66. The highest BCUT2D eigenvalue weighted by Gasteiger charge is 2.17. The largest absolute Gasteiger partial charge is 0.336 e. The van der Waals surface area contributed by atoms with Gasteiger partial charge in [-0.1, -0.05) is 0 Å². The lowest BCUT2D eigenvalue weighted by Gasteiger charge is -2.14. The molecule has 19 heavy (non-hydrogen) atoms. The second-order valence-corrected chi connectivity index (χ2v) is 4.14. The van der Waals surface area contributed by atoms with Gasteiger partial charge in [0.25, 0.3) is 5.91 Å². The van der Waals surface area contributed by atoms with E-state index in [9.17, 15) is 13.6 Å². The summed E-state index contributed by atoms with van der Waals surface area (Å²) in [7, 11) is 3.35. The Labute approximate surface area is 108 Å². The molecule has 0 N–H and O–H groups in total. The smallest absolute Gasteiger partial charge is 0.333 e. The molecule has 2 heterocycles. The summed E-state index contributed by atoms with van der Waals surface area (Å²) in [6.07, 6.45) is 4.50. The van der Waals surface area contributed by atoms with E-state index < -0.39 is 12.5 Å². The Balaban J connectivity index is 2.05. The predicted octanol–water partition coefficient (Wildman–Crippen LogP) is 1.28. The van der Waals surface area contributed by atoms with Crippen molar-refractivity contribution in [3.63, 3.8) is 0 Å². The zero-order chi connectivity index (χ0) is 14.0. The van der Waals surface area contributed by atoms with Gasteiger partial charge in [-0.25, -0.2) is 4.68 Å². The monoisotopic (exact) mass is 269 g/mol. The molecule has 0 aliphatic carbocycles. The van der Waals surface area contributed by atoms with Crippen molar-refractivity contribution in [3.05, 3.63) is 35.9 Å². The van der Waals surface area contributed by atoms with Crippen LogP contribution in [0.15, 0.2) is 24.7 Å². The highest BCUT2D eigenvalue weighted by Crippen LogP contribution is 2.11. The van der Waals surface area contributed by atoms with Crippen LogP contribution in [0.1, 0.15) is 22.6 Å². The van der Waals surface area contributed by atoms with Crippen molar-refractivity contribution < 1.29 is 13.6 Å². The van der Waals surface area contributed by atoms with Crippen LogP contribution in [0.25, 0.3) is 0 Å². The van der Waals surface area contributed by atoms with E-state index in [4.69, 9.17) is 0 Å². The topological polar surface area (TPSA) is 56.0 Å². The van der Waals surface area contributed by atoms with E-state index >= 15 is 0 Å². The van der Waals surface area contributed by atoms with Crippen LogP contribution in [0.5, 0.6) is 0 Å². The molecule has 2 aromatic heterocycles. The van der Waals surface area contributed by atoms with Gasteiger partial charge < -0.3 is 4.90 Å². The number of hydrogen-bond donors (Lipinski definition) is 0. The molecule has 6 nitrogen and oxygen atoms in total. The van der Waals surface area contributed by atoms with Crippen molar-refractivity contribution in [1.82, 2.24) is 24.5 Å². The summed E-state index contributed by atoms with van der Waals surface area (Å²) in [6, 6.07) is 1.27. The molecule has 0 saturated carbocycles. The van der Waals surface area contributed by atoms with Gasteiger partial charge in [-0.15, -0.1) is 0 Å². The number of alkyl halides is 2. The summed E-state index contributed by atoms with van der Waals surface area (Å²) in [6.45, 7) is -2.40. The molecule has 1 amide bonds. The predicted molar refractivity (Wildman–Crippen MR) is 62.5 cm³/mol. The van der Waals surface area contributed by atoms with Crippen LogP contribution in [0.2, 0.25) is 0 Å². The van der Waals surface area contributed by atoms with Crippen LogP contribution >= 0.6 is 0 Å². The Morgan fingerprint density at radius 2 is 2.26 bits per heavy atom. The van der Waals surface area contributed by atoms with E-state index in [1.807, 2.05) is 0 Å². The van der Waals surface area contributed by atoms with E-state index in [-0.39, 0.29) is 5.69 Å². The van der Waals surface area contributed by atoms with Crippen LogP contribution in [0, 0.1) is 0 Å². The van der Waals surface area contributed by atoms with Crippen molar-refractivity contribution in [2.24, 2.45) is 7.05 Å². The molecule has 8 heteroatoms. The SMILES string of the molecule is CN(Cc1cnn(C)c1)C(=O)c1ccn(C(F)F)n1. The summed E-state index contributed by atoms with van der Waals surface area (Å²) in [5.74, 6) is -0.414. The minimum atomic E-state index is -2.75. The number of halogens is 2. The molecule has 0 aliphatic rings. The van der Waals surface area contributed by atoms with Gasteiger partial charge in [-0.3, -0.25) is 9.48 Å². The number of aryl methyl sites for hydroxylation is 1. The zero-order valence-electron chi connectivity index (χ0n) is 10.5. The lowest BCUT2D eigenvalue weighted by molar-refractivity contribution is 0.0553. The number of nitrogens with zero attached hydrogens (tertiary/aromatic N) is 5. The average Bonchev–Trinajstić information content (AvgIpc) is 2.97. The van der Waals surface area contributed by atoms with E-state index in [0.717, 1.165) is 11.8 Å². The first-order valence-corrected chi connectivity index (χ1v) is 5.53. The summed E-state index contributed by atoms with van der Waals surface area (Å²) in [5.41, 5.74) is 0.846. The summed E-state index contributed by atoms with van der Waals surface area (Å²) >= 11 is 0. The molecule has 0 saturated heterocycles. The number of carbonyl (C=O) groups excluding carboxylic acids is 1. The Kier molecular flexibility index (Phi) is 3.59. The summed E-state index contributed by atoms with van der Waals surface area (Å²) < 4.78 is 26.8. The number of hydrogen-bond acceptors (Lipinski definition) is 3. The number of amides is 1. The first kappa shape index (κ1) is 13.2. The molecular weight excluding hydrogens is 256 g/mol. The van der Waals surface area contributed by atoms with Crippen LogP contribution in [-0.2, 0) is 13.6 Å². The van der Waals surface area contributed by atoms with Crippen molar-refractivity contribution >= 4 is 5.91 Å². The lowest BCUT2D eigenvalue weighted by Crippen LogP contribution is -2.26. The van der Waals surface area contributed by atoms with Gasteiger partial charge in [0.05, 0.1) is 6.20 Å². The lowest BCUT2D eigenvalue weighted by atomic mass is 10.3. The van der Waals surface area contributed by atoms with Crippen LogP contribution < -0.4 is 0 Å². The van der Waals surface area contributed by atoms with Crippen molar-refractivity contribution in [2.75, 3.05) is 7.05 Å². The van der Waals surface area contributed by atoms with Gasteiger partial charge in [0, 0.05) is 38.6 Å². The Morgan fingerprint density at radius 3 is 2.79 bits per heavy atom. The minimum absolute atomic E-state index is 0.00769. The van der Waals surface area contributed by atoms with Gasteiger partial charge in [0.1, 0.15) is 0 Å². The summed E-state index contributed by atoms with van der Waals surface area (Å²) in [4.78, 5) is 13.4. The minimum Gasteiger partial charge on any atom is -0.336 e. The molecule has 0 bridgehead atoms. The highest BCUT2D eigenvalue weighted by atomic mass is 19.3. The molecule has 0 atom stereocenters. The van der Waals surface area contributed by atoms with Crippen LogP contribution in [0.4, 0.5) is 8.78 Å². The molecule has 0 spiro atoms. The molecule has 0 fully saturated rings. The van der Waals surface area contributed by atoms with Gasteiger partial charge in [0.2, 0.25) is 0 Å². The Hall–Kier alpha value is -2.25. The van der Waals surface area contributed by atoms with E-state index in [2.05, 4.69) is 10.2 Å². The second kappa shape index (κ2) is 5.17. The maximum Gasteiger partial charge on any atom is 0.333 e. The average molecular weight is 269 g/mol. The second-order valence-electron chi connectivity index (χ2n) is 4.14. The Morgan fingerprint density at radius 1 is 1.53 bits per heavy atom. The first-order valence-electron chi connectivity index (χ1n) is 5.53. The molecule has 0 aliphatic heterocycles. The molecule has 2 aromatic rings. The van der Waals surface area contributed by atoms with Gasteiger partial charge >= 0.3 is 6.55 Å². The zero-order valence-corrected chi connectivity index (χ0v) is 10.5. The third-order valence-corrected chi connectivity index (χ3v) is 2.55. The first-order chi connectivity index (χ1) is 8.97. The van der Waals surface area contributed by atoms with Crippen molar-refractivity contribution in [3.8, 4) is 0 Å². The molecule has 2 rings (SSSR count). The molecular formula is C11H13F2N5O. The maximum atomic E-state index is 12.4. The maximum absolute atomic E-state index is 12.4. The van der Waals surface area contributed by atoms with Crippen molar-refractivity contribution in [2.45, 2.75) is 13.1 Å². The van der Waals surface area contributed by atoms with Gasteiger partial charge in [-0.2, -0.15) is 19.0 Å². The number of carbonyl (C=O) groups is 1. The van der Waals surface area contributed by atoms with Gasteiger partial charge in [0.15, 0.2) is 5.69 Å². The molecule has 0 unspecified atom stereocenters. The quantitative estimate of drug-likeness (QED) is 0.840. The summed E-state index contributed by atoms with van der Waals surface area (Å²) in [5, 5.41) is 7.52. The van der Waals surface area contributed by atoms with Crippen molar-refractivity contribution in [1.29, 1.82) is 0 Å². The molecule has 0 radical (unpaired) electrons. The van der Waals surface area contributed by atoms with E-state index in [1.165, 1.54) is 11.0 Å².